The fourth-order valence-corrected chi connectivity index (χ4v) is 2.35. The summed E-state index contributed by atoms with van der Waals surface area (Å²) < 4.78 is 6.39. The van der Waals surface area contributed by atoms with Gasteiger partial charge in [0.1, 0.15) is 6.54 Å². The Labute approximate surface area is 131 Å². The maximum atomic E-state index is 12.1. The number of fused-ring (bicyclic) bond motifs is 1. The third-order valence-corrected chi connectivity index (χ3v) is 3.74. The van der Waals surface area contributed by atoms with E-state index in [4.69, 9.17) is 16.0 Å². The zero-order valence-corrected chi connectivity index (χ0v) is 12.6. The normalized spacial score (nSPS) is 10.8. The van der Waals surface area contributed by atoms with Crippen LogP contribution in [0.4, 0.5) is 5.69 Å². The summed E-state index contributed by atoms with van der Waals surface area (Å²) >= 11 is 5.95. The van der Waals surface area contributed by atoms with Gasteiger partial charge in [0.15, 0.2) is 5.58 Å². The Morgan fingerprint density at radius 1 is 1.27 bits per heavy atom. The van der Waals surface area contributed by atoms with E-state index in [0.29, 0.717) is 21.8 Å². The molecule has 1 aromatic heterocycles. The topological polar surface area (TPSA) is 64.2 Å². The van der Waals surface area contributed by atoms with Gasteiger partial charge < -0.3 is 9.73 Å². The second kappa shape index (κ2) is 5.69. The third kappa shape index (κ3) is 2.76. The molecule has 0 saturated heterocycles. The van der Waals surface area contributed by atoms with E-state index in [0.717, 1.165) is 5.56 Å². The van der Waals surface area contributed by atoms with Gasteiger partial charge in [0, 0.05) is 10.7 Å². The molecule has 22 heavy (non-hydrogen) atoms. The second-order valence-electron chi connectivity index (χ2n) is 4.93. The lowest BCUT2D eigenvalue weighted by Gasteiger charge is -2.07. The molecule has 0 aliphatic rings. The second-order valence-corrected chi connectivity index (χ2v) is 5.34. The van der Waals surface area contributed by atoms with Gasteiger partial charge in [-0.05, 0) is 42.8 Å². The molecule has 0 saturated carbocycles. The number of carbonyl (C=O) groups excluding carboxylic acids is 1. The molecule has 1 amide bonds. The Hall–Kier alpha value is -2.53. The highest BCUT2D eigenvalue weighted by Gasteiger charge is 2.12. The van der Waals surface area contributed by atoms with Crippen molar-refractivity contribution in [2.75, 3.05) is 5.32 Å². The van der Waals surface area contributed by atoms with Crippen LogP contribution in [0, 0.1) is 6.92 Å². The number of anilines is 1. The molecular formula is C16H13ClN2O3. The number of benzene rings is 2. The van der Waals surface area contributed by atoms with E-state index in [1.165, 1.54) is 4.57 Å². The molecule has 112 valence electrons. The molecule has 3 rings (SSSR count). The van der Waals surface area contributed by atoms with Crippen molar-refractivity contribution in [3.05, 3.63) is 63.6 Å². The number of para-hydroxylation sites is 2. The molecule has 0 radical (unpaired) electrons. The summed E-state index contributed by atoms with van der Waals surface area (Å²) in [5.41, 5.74) is 2.55. The summed E-state index contributed by atoms with van der Waals surface area (Å²) in [5, 5.41) is 3.38. The van der Waals surface area contributed by atoms with Crippen molar-refractivity contribution in [2.45, 2.75) is 13.5 Å². The van der Waals surface area contributed by atoms with E-state index in [2.05, 4.69) is 5.32 Å². The molecular weight excluding hydrogens is 304 g/mol. The van der Waals surface area contributed by atoms with Crippen LogP contribution >= 0.6 is 11.6 Å². The summed E-state index contributed by atoms with van der Waals surface area (Å²) in [6, 6.07) is 12.2. The lowest BCUT2D eigenvalue weighted by atomic mass is 10.2. The highest BCUT2D eigenvalue weighted by molar-refractivity contribution is 6.31. The van der Waals surface area contributed by atoms with Gasteiger partial charge in [-0.25, -0.2) is 4.79 Å². The van der Waals surface area contributed by atoms with Crippen molar-refractivity contribution in [3.63, 3.8) is 0 Å². The third-order valence-electron chi connectivity index (χ3n) is 3.32. The van der Waals surface area contributed by atoms with Crippen molar-refractivity contribution in [3.8, 4) is 0 Å². The van der Waals surface area contributed by atoms with E-state index in [-0.39, 0.29) is 12.5 Å². The van der Waals surface area contributed by atoms with Gasteiger partial charge in [0.25, 0.3) is 0 Å². The fraction of sp³-hybridized carbons (Fsp3) is 0.125. The number of rotatable bonds is 3. The number of nitrogens with zero attached hydrogens (tertiary/aromatic N) is 1. The Kier molecular flexibility index (Phi) is 3.73. The summed E-state index contributed by atoms with van der Waals surface area (Å²) in [6.45, 7) is 1.74. The zero-order chi connectivity index (χ0) is 15.7. The van der Waals surface area contributed by atoms with Gasteiger partial charge in [0.2, 0.25) is 5.91 Å². The summed E-state index contributed by atoms with van der Waals surface area (Å²) in [4.78, 5) is 24.0. The van der Waals surface area contributed by atoms with Crippen molar-refractivity contribution < 1.29 is 9.21 Å². The molecule has 0 unspecified atom stereocenters. The minimum atomic E-state index is -0.552. The molecule has 5 nitrogen and oxygen atoms in total. The molecule has 1 N–H and O–H groups in total. The molecule has 6 heteroatoms. The van der Waals surface area contributed by atoms with Crippen molar-refractivity contribution in [2.24, 2.45) is 0 Å². The van der Waals surface area contributed by atoms with Gasteiger partial charge in [-0.2, -0.15) is 0 Å². The molecule has 0 aliphatic carbocycles. The highest BCUT2D eigenvalue weighted by atomic mass is 35.5. The molecule has 0 atom stereocenters. The highest BCUT2D eigenvalue weighted by Crippen LogP contribution is 2.19. The van der Waals surface area contributed by atoms with E-state index in [1.807, 2.05) is 6.92 Å². The average Bonchev–Trinajstić information content (AvgIpc) is 2.79. The van der Waals surface area contributed by atoms with Crippen molar-refractivity contribution in [1.29, 1.82) is 0 Å². The Morgan fingerprint density at radius 2 is 2.05 bits per heavy atom. The average molecular weight is 317 g/mol. The molecule has 2 aromatic carbocycles. The van der Waals surface area contributed by atoms with Crippen molar-refractivity contribution >= 4 is 34.3 Å². The quantitative estimate of drug-likeness (QED) is 0.807. The monoisotopic (exact) mass is 316 g/mol. The molecule has 0 aliphatic heterocycles. The fourth-order valence-electron chi connectivity index (χ4n) is 2.23. The summed E-state index contributed by atoms with van der Waals surface area (Å²) in [6.07, 6.45) is 0. The number of halogens is 1. The predicted molar refractivity (Wildman–Crippen MR) is 85.3 cm³/mol. The van der Waals surface area contributed by atoms with Gasteiger partial charge in [-0.1, -0.05) is 23.7 Å². The summed E-state index contributed by atoms with van der Waals surface area (Å²) in [5.74, 6) is -0.862. The zero-order valence-electron chi connectivity index (χ0n) is 11.8. The number of hydrogen-bond acceptors (Lipinski definition) is 3. The number of aryl methyl sites for hydroxylation is 1. The summed E-state index contributed by atoms with van der Waals surface area (Å²) in [7, 11) is 0. The molecule has 0 spiro atoms. The van der Waals surface area contributed by atoms with Crippen LogP contribution < -0.4 is 11.1 Å². The predicted octanol–water partition coefficient (Wildman–Crippen LogP) is 3.20. The van der Waals surface area contributed by atoms with Gasteiger partial charge >= 0.3 is 5.76 Å². The number of carbonyl (C=O) groups is 1. The Morgan fingerprint density at radius 3 is 2.82 bits per heavy atom. The Bertz CT molecular complexity index is 911. The van der Waals surface area contributed by atoms with E-state index < -0.39 is 5.76 Å². The molecule has 0 fully saturated rings. The first-order valence-electron chi connectivity index (χ1n) is 6.69. The van der Waals surface area contributed by atoms with Gasteiger partial charge in [-0.3, -0.25) is 9.36 Å². The van der Waals surface area contributed by atoms with Crippen LogP contribution in [0.15, 0.2) is 51.7 Å². The van der Waals surface area contributed by atoms with Crippen LogP contribution in [0.2, 0.25) is 5.02 Å². The number of oxazole rings is 1. The van der Waals surface area contributed by atoms with Crippen LogP contribution in [0.25, 0.3) is 11.1 Å². The maximum Gasteiger partial charge on any atom is 0.420 e. The first-order valence-corrected chi connectivity index (χ1v) is 7.07. The number of nitrogens with one attached hydrogen (secondary N) is 1. The van der Waals surface area contributed by atoms with Gasteiger partial charge in [-0.15, -0.1) is 0 Å². The van der Waals surface area contributed by atoms with E-state index in [1.54, 1.807) is 42.5 Å². The lowest BCUT2D eigenvalue weighted by molar-refractivity contribution is -0.116. The molecule has 1 heterocycles. The largest absolute Gasteiger partial charge is 0.420 e. The Balaban J connectivity index is 1.82. The SMILES string of the molecule is Cc1cc(NC(=O)Cn2c(=O)oc3ccccc32)ccc1Cl. The van der Waals surface area contributed by atoms with E-state index >= 15 is 0 Å². The van der Waals surface area contributed by atoms with Crippen LogP contribution in [0.3, 0.4) is 0 Å². The van der Waals surface area contributed by atoms with Crippen LogP contribution in [0.1, 0.15) is 5.56 Å². The molecule has 3 aromatic rings. The molecule has 0 bridgehead atoms. The van der Waals surface area contributed by atoms with Crippen LogP contribution in [-0.2, 0) is 11.3 Å². The first-order chi connectivity index (χ1) is 10.5. The minimum Gasteiger partial charge on any atom is -0.408 e. The smallest absolute Gasteiger partial charge is 0.408 e. The van der Waals surface area contributed by atoms with E-state index in [9.17, 15) is 9.59 Å². The maximum absolute atomic E-state index is 12.1. The van der Waals surface area contributed by atoms with Crippen LogP contribution in [-0.4, -0.2) is 10.5 Å². The number of aromatic nitrogens is 1. The number of hydrogen-bond donors (Lipinski definition) is 1. The standard InChI is InChI=1S/C16H13ClN2O3/c1-10-8-11(6-7-12(10)17)18-15(20)9-19-13-4-2-3-5-14(13)22-16(19)21/h2-8H,9H2,1H3,(H,18,20). The lowest BCUT2D eigenvalue weighted by Crippen LogP contribution is -2.24. The van der Waals surface area contributed by atoms with Crippen LogP contribution in [0.5, 0.6) is 0 Å². The minimum absolute atomic E-state index is 0.114. The van der Waals surface area contributed by atoms with Gasteiger partial charge in [0.05, 0.1) is 5.52 Å². The van der Waals surface area contributed by atoms with Crippen molar-refractivity contribution in [1.82, 2.24) is 4.57 Å². The first kappa shape index (κ1) is 14.4. The number of amides is 1.